The van der Waals surface area contributed by atoms with Gasteiger partial charge in [0.25, 0.3) is 0 Å². The third kappa shape index (κ3) is 5.13. The lowest BCUT2D eigenvalue weighted by Gasteiger charge is -2.25. The van der Waals surface area contributed by atoms with Crippen molar-refractivity contribution in [2.45, 2.75) is 64.3 Å². The minimum Gasteiger partial charge on any atom is -0.0641 e. The van der Waals surface area contributed by atoms with Crippen LogP contribution in [0.1, 0.15) is 74.9 Å². The molecule has 3 aliphatic carbocycles. The molecule has 1 heteroatoms. The lowest BCUT2D eigenvalue weighted by atomic mass is 9.79. The van der Waals surface area contributed by atoms with Gasteiger partial charge in [-0.25, -0.2) is 0 Å². The molecule has 0 aromatic heterocycles. The summed E-state index contributed by atoms with van der Waals surface area (Å²) in [6.07, 6.45) is 0. The second-order valence-corrected chi connectivity index (χ2v) is 24.3. The Kier molecular flexibility index (Phi) is 7.77. The quantitative estimate of drug-likeness (QED) is 0.123. The molecule has 4 aliphatic rings. The number of hydrogen-bond acceptors (Lipinski definition) is 0. The number of fused-ring (bicyclic) bond motifs is 14. The van der Waals surface area contributed by atoms with Gasteiger partial charge >= 0.3 is 0 Å². The van der Waals surface area contributed by atoms with E-state index in [1.807, 2.05) is 0 Å². The molecule has 1 aliphatic heterocycles. The van der Waals surface area contributed by atoms with Crippen LogP contribution < -0.4 is 10.4 Å². The summed E-state index contributed by atoms with van der Waals surface area (Å²) in [4.78, 5) is 0. The Balaban J connectivity index is 1.09. The van der Waals surface area contributed by atoms with Crippen LogP contribution in [0.4, 0.5) is 0 Å². The van der Waals surface area contributed by atoms with Crippen molar-refractivity contribution in [3.8, 4) is 77.9 Å². The molecule has 0 fully saturated rings. The van der Waals surface area contributed by atoms with E-state index < -0.39 is 8.80 Å². The van der Waals surface area contributed by atoms with E-state index in [-0.39, 0.29) is 16.2 Å². The van der Waals surface area contributed by atoms with Crippen molar-refractivity contribution in [3.63, 3.8) is 0 Å². The van der Waals surface area contributed by atoms with Crippen LogP contribution in [0.2, 0.25) is 6.55 Å². The zero-order valence-corrected chi connectivity index (χ0v) is 40.6. The van der Waals surface area contributed by atoms with E-state index in [4.69, 9.17) is 0 Å². The van der Waals surface area contributed by atoms with Crippen molar-refractivity contribution >= 4 is 40.7 Å². The predicted octanol–water partition coefficient (Wildman–Crippen LogP) is 15.9. The topological polar surface area (TPSA) is 0 Å². The first-order valence-electron chi connectivity index (χ1n) is 24.3. The number of rotatable bonds is 3. The third-order valence-electron chi connectivity index (χ3n) is 17.1. The highest BCUT2D eigenvalue weighted by Crippen LogP contribution is 2.55. The van der Waals surface area contributed by atoms with Gasteiger partial charge < -0.3 is 0 Å². The van der Waals surface area contributed by atoms with Gasteiger partial charge in [0.15, 0.2) is 0 Å². The van der Waals surface area contributed by atoms with Gasteiger partial charge in [-0.1, -0.05) is 205 Å². The van der Waals surface area contributed by atoms with Crippen LogP contribution >= 0.6 is 0 Å². The number of hydrogen-bond donors (Lipinski definition) is 0. The normalized spacial score (nSPS) is 16.8. The minimum atomic E-state index is -1.46. The summed E-state index contributed by atoms with van der Waals surface area (Å²) in [6.45, 7) is 17.0. The third-order valence-corrected chi connectivity index (χ3v) is 20.0. The zero-order valence-electron chi connectivity index (χ0n) is 39.4. The summed E-state index contributed by atoms with van der Waals surface area (Å²) < 4.78 is 0. The fourth-order valence-corrected chi connectivity index (χ4v) is 16.1. The molecule has 0 saturated carbocycles. The highest BCUT2D eigenvalue weighted by Gasteiger charge is 2.39. The van der Waals surface area contributed by atoms with Crippen molar-refractivity contribution in [2.75, 3.05) is 0 Å². The van der Waals surface area contributed by atoms with Crippen LogP contribution in [0.25, 0.3) is 99.4 Å². The molecular formula is C66H52Si. The fourth-order valence-electron chi connectivity index (χ4n) is 13.6. The minimum absolute atomic E-state index is 0.0817. The monoisotopic (exact) mass is 872 g/mol. The largest absolute Gasteiger partial charge is 0.101 e. The average molecular weight is 873 g/mol. The Bertz CT molecular complexity index is 3850. The molecule has 0 spiro atoms. The molecule has 0 saturated heterocycles. The molecule has 0 bridgehead atoms. The second-order valence-electron chi connectivity index (χ2n) is 21.6. The SMILES string of the molecule is C[SiH]1c2ccccc2-c2cc3c(-c4ccc5c(c4)C(C)(C)c4ccccc4-5)c4ccc(-c5ccc6c(c5)C(C)(C)c5ccccc5-6)cc4c(-c4ccc5c(c4)C(C)(C)c4ccccc4-5)c3cc21. The van der Waals surface area contributed by atoms with Crippen molar-refractivity contribution in [1.82, 2.24) is 0 Å². The van der Waals surface area contributed by atoms with Gasteiger partial charge in [0.05, 0.1) is 0 Å². The van der Waals surface area contributed by atoms with Crippen LogP contribution in [0.3, 0.4) is 0 Å². The van der Waals surface area contributed by atoms with E-state index in [0.717, 1.165) is 0 Å². The van der Waals surface area contributed by atoms with E-state index in [9.17, 15) is 0 Å². The smallest absolute Gasteiger partial charge is 0.0641 e. The van der Waals surface area contributed by atoms with Gasteiger partial charge in [0.2, 0.25) is 0 Å². The van der Waals surface area contributed by atoms with Crippen LogP contribution in [0, 0.1) is 0 Å². The molecule has 14 rings (SSSR count). The lowest BCUT2D eigenvalue weighted by Crippen LogP contribution is -2.34. The molecule has 67 heavy (non-hydrogen) atoms. The fraction of sp³-hybridized carbons (Fsp3) is 0.152. The molecule has 320 valence electrons. The summed E-state index contributed by atoms with van der Waals surface area (Å²) in [5.74, 6) is 0. The van der Waals surface area contributed by atoms with Crippen LogP contribution in [-0.2, 0) is 16.2 Å². The molecule has 1 atom stereocenters. The van der Waals surface area contributed by atoms with Crippen LogP contribution in [0.15, 0.2) is 182 Å². The highest BCUT2D eigenvalue weighted by molar-refractivity contribution is 6.88. The summed E-state index contributed by atoms with van der Waals surface area (Å²) in [5, 5.41) is 8.40. The first-order valence-corrected chi connectivity index (χ1v) is 26.6. The standard InChI is InChI=1S/C66H52Si/c1-64(2)54-20-12-8-16-42(54)45-28-24-39(33-57(45)64)38-25-31-49-51(32-38)63(41-27-30-47-44-18-10-14-22-56(44)66(5,6)59(47)35-41)53-37-61-50(48-19-11-15-23-60(48)67(61)7)36-52(53)62(49)40-26-29-46-43-17-9-13-21-55(43)65(3,4)58(46)34-40/h8-37,67H,1-7H3. The molecular weight excluding hydrogens is 821 g/mol. The van der Waals surface area contributed by atoms with E-state index in [1.165, 1.54) is 133 Å². The van der Waals surface area contributed by atoms with Gasteiger partial charge in [0, 0.05) is 16.2 Å². The zero-order chi connectivity index (χ0) is 45.3. The van der Waals surface area contributed by atoms with Crippen molar-refractivity contribution in [3.05, 3.63) is 215 Å². The van der Waals surface area contributed by atoms with Gasteiger partial charge in [0.1, 0.15) is 8.80 Å². The lowest BCUT2D eigenvalue weighted by molar-refractivity contribution is 0.660. The van der Waals surface area contributed by atoms with Crippen molar-refractivity contribution in [1.29, 1.82) is 0 Å². The molecule has 10 aromatic carbocycles. The first kappa shape index (κ1) is 39.1. The second kappa shape index (κ2) is 13.3. The maximum atomic E-state index is 2.65. The van der Waals surface area contributed by atoms with Crippen LogP contribution in [-0.4, -0.2) is 8.80 Å². The van der Waals surface area contributed by atoms with Gasteiger partial charge in [-0.05, 0) is 168 Å². The molecule has 1 unspecified atom stereocenters. The van der Waals surface area contributed by atoms with Gasteiger partial charge in [-0.2, -0.15) is 0 Å². The summed E-state index contributed by atoms with van der Waals surface area (Å²) >= 11 is 0. The van der Waals surface area contributed by atoms with E-state index in [2.05, 4.69) is 230 Å². The Morgan fingerprint density at radius 3 is 1.18 bits per heavy atom. The van der Waals surface area contributed by atoms with E-state index in [1.54, 1.807) is 10.4 Å². The van der Waals surface area contributed by atoms with Crippen molar-refractivity contribution < 1.29 is 0 Å². The van der Waals surface area contributed by atoms with Crippen molar-refractivity contribution in [2.24, 2.45) is 0 Å². The Labute approximate surface area is 396 Å². The Morgan fingerprint density at radius 2 is 0.642 bits per heavy atom. The molecule has 10 aromatic rings. The first-order chi connectivity index (χ1) is 32.4. The maximum absolute atomic E-state index is 2.65. The average Bonchev–Trinajstić information content (AvgIpc) is 3.94. The molecule has 0 amide bonds. The highest BCUT2D eigenvalue weighted by atomic mass is 28.3. The Morgan fingerprint density at radius 1 is 0.269 bits per heavy atom. The van der Waals surface area contributed by atoms with Gasteiger partial charge in [-0.3, -0.25) is 0 Å². The predicted molar refractivity (Wildman–Crippen MR) is 288 cm³/mol. The van der Waals surface area contributed by atoms with E-state index >= 15 is 0 Å². The van der Waals surface area contributed by atoms with E-state index in [0.29, 0.717) is 0 Å². The summed E-state index contributed by atoms with van der Waals surface area (Å²) in [6, 6.07) is 71.0. The Hall–Kier alpha value is -7.06. The summed E-state index contributed by atoms with van der Waals surface area (Å²) in [7, 11) is -1.46. The van der Waals surface area contributed by atoms with Crippen LogP contribution in [0.5, 0.6) is 0 Å². The number of benzene rings is 10. The molecule has 1 heterocycles. The molecule has 0 radical (unpaired) electrons. The maximum Gasteiger partial charge on any atom is 0.101 e. The summed E-state index contributed by atoms with van der Waals surface area (Å²) in [5.41, 5.74) is 26.9. The van der Waals surface area contributed by atoms with Gasteiger partial charge in [-0.15, -0.1) is 0 Å². The molecule has 0 N–H and O–H groups in total. The molecule has 0 nitrogen and oxygen atoms in total.